The molecule has 6 heterocycles. The summed E-state index contributed by atoms with van der Waals surface area (Å²) < 4.78 is 100. The van der Waals surface area contributed by atoms with Crippen LogP contribution in [0, 0.1) is 5.41 Å². The van der Waals surface area contributed by atoms with Gasteiger partial charge in [-0.2, -0.15) is 26.4 Å². The summed E-state index contributed by atoms with van der Waals surface area (Å²) in [5.41, 5.74) is 10.5. The zero-order valence-electron chi connectivity index (χ0n) is 49.5. The summed E-state index contributed by atoms with van der Waals surface area (Å²) in [6.07, 6.45) is 11.2. The molecule has 468 valence electrons. The Labute approximate surface area is 500 Å². The number of hydrogen-bond acceptors (Lipinski definition) is 17. The molecule has 0 saturated carbocycles. The third kappa shape index (κ3) is 15.0. The van der Waals surface area contributed by atoms with Crippen LogP contribution in [0.15, 0.2) is 88.3 Å². The summed E-state index contributed by atoms with van der Waals surface area (Å²) in [7, 11) is -13.9. The lowest BCUT2D eigenvalue weighted by atomic mass is 9.75. The number of phosphoric acid groups is 1. The van der Waals surface area contributed by atoms with Gasteiger partial charge in [0.25, 0.3) is 25.8 Å². The van der Waals surface area contributed by atoms with Crippen molar-refractivity contribution in [2.45, 2.75) is 147 Å². The van der Waals surface area contributed by atoms with Crippen molar-refractivity contribution in [3.8, 4) is 5.75 Å². The molecular weight excluding hydrogens is 1170 g/mol. The number of phosphoric ester groups is 1. The number of likely N-dealkylation sites (N-methyl/N-ethyl adjacent to an activating group) is 1. The highest BCUT2D eigenvalue weighted by Crippen LogP contribution is 2.48. The van der Waals surface area contributed by atoms with E-state index in [9.17, 15) is 50.3 Å². The fourth-order valence-electron chi connectivity index (χ4n) is 11.7. The average Bonchev–Trinajstić information content (AvgIpc) is 1.43. The average molecular weight is 1250 g/mol. The summed E-state index contributed by atoms with van der Waals surface area (Å²) in [6, 6.07) is 8.57. The Morgan fingerprint density at radius 2 is 1.69 bits per heavy atom. The van der Waals surface area contributed by atoms with E-state index in [2.05, 4.69) is 108 Å². The Balaban J connectivity index is 0.934. The number of aliphatic hydroxyl groups is 2. The van der Waals surface area contributed by atoms with Crippen molar-refractivity contribution in [2.24, 2.45) is 5.41 Å². The second-order valence-electron chi connectivity index (χ2n) is 23.8. The zero-order valence-corrected chi connectivity index (χ0v) is 52.0. The Kier molecular flexibility index (Phi) is 19.7. The van der Waals surface area contributed by atoms with Gasteiger partial charge in [-0.3, -0.25) is 32.8 Å². The van der Waals surface area contributed by atoms with Crippen LogP contribution in [0.5, 0.6) is 5.75 Å². The Hall–Kier alpha value is -6.36. The molecule has 1 amide bonds. The normalized spacial score (nSPS) is 21.9. The molecular formula is C58H79N9O16PS2+. The number of imidazole rings is 1. The first-order valence-electron chi connectivity index (χ1n) is 28.5. The molecule has 0 bridgehead atoms. The number of carbonyl (C=O) groups excluding carboxylic acids is 1. The first-order chi connectivity index (χ1) is 40.2. The van der Waals surface area contributed by atoms with E-state index in [0.29, 0.717) is 68.6 Å². The van der Waals surface area contributed by atoms with Gasteiger partial charge in [-0.25, -0.2) is 9.55 Å². The van der Waals surface area contributed by atoms with Crippen LogP contribution >= 0.6 is 7.82 Å². The van der Waals surface area contributed by atoms with Crippen molar-refractivity contribution in [1.29, 1.82) is 0 Å². The number of anilines is 3. The molecule has 25 nitrogen and oxygen atoms in total. The molecule has 86 heavy (non-hydrogen) atoms. The molecule has 0 radical (unpaired) electrons. The van der Waals surface area contributed by atoms with Crippen molar-refractivity contribution in [1.82, 2.24) is 24.8 Å². The number of aromatic amines is 1. The van der Waals surface area contributed by atoms with Crippen molar-refractivity contribution in [2.75, 3.05) is 54.5 Å². The van der Waals surface area contributed by atoms with Crippen LogP contribution < -0.4 is 31.6 Å². The SMILES string of the molecule is CCN1c2cc3c(cc2C(C)=CC1(C)C)C(=CC=CC=CC1=[N+](CCCS(=O)(=O)O)c2ccc(S(=O)(=O)O)cc2C1(C)CCCC(=O)NCCCCCCNc1nc2c(=O)[nH]c(N)nc2n1[C@@H]1O[C@H](COP(=O)(O)O)[C@@H](O)[C@H]1O)C=C(C(C)(C)C)O3. The molecule has 0 spiro atoms. The molecule has 11 N–H and O–H groups in total. The third-order valence-electron chi connectivity index (χ3n) is 15.9. The van der Waals surface area contributed by atoms with Gasteiger partial charge >= 0.3 is 7.82 Å². The molecule has 2 aromatic heterocycles. The third-order valence-corrected chi connectivity index (χ3v) is 18.0. The number of ether oxygens (including phenoxy) is 2. The molecule has 4 aromatic rings. The van der Waals surface area contributed by atoms with Crippen LogP contribution in [0.25, 0.3) is 22.3 Å². The van der Waals surface area contributed by atoms with E-state index in [-0.39, 0.29) is 64.2 Å². The van der Waals surface area contributed by atoms with Gasteiger partial charge in [0.15, 0.2) is 23.1 Å². The molecule has 1 unspecified atom stereocenters. The highest BCUT2D eigenvalue weighted by Gasteiger charge is 2.49. The van der Waals surface area contributed by atoms with E-state index in [1.165, 1.54) is 22.3 Å². The number of nitrogen functional groups attached to an aromatic ring is 1. The van der Waals surface area contributed by atoms with Gasteiger partial charge in [0.1, 0.15) is 36.4 Å². The van der Waals surface area contributed by atoms with Crippen LogP contribution in [0.4, 0.5) is 23.3 Å². The molecule has 1 saturated heterocycles. The maximum atomic E-state index is 13.4. The number of nitrogens with zero attached hydrogens (tertiary/aromatic N) is 5. The van der Waals surface area contributed by atoms with Crippen LogP contribution in [0.2, 0.25) is 0 Å². The van der Waals surface area contributed by atoms with E-state index in [1.807, 2.05) is 41.9 Å². The molecule has 28 heteroatoms. The van der Waals surface area contributed by atoms with Crippen molar-refractivity contribution in [3.63, 3.8) is 0 Å². The number of unbranched alkanes of at least 4 members (excludes halogenated alkanes) is 3. The second-order valence-corrected chi connectivity index (χ2v) is 28.0. The van der Waals surface area contributed by atoms with Gasteiger partial charge in [-0.1, -0.05) is 64.0 Å². The first kappa shape index (κ1) is 65.6. The Bertz CT molecular complexity index is 3800. The number of allylic oxidation sites excluding steroid dienone is 9. The second kappa shape index (κ2) is 25.8. The molecule has 5 atom stereocenters. The number of carbonyl (C=O) groups is 1. The smallest absolute Gasteiger partial charge is 0.460 e. The van der Waals surface area contributed by atoms with Gasteiger partial charge in [0.2, 0.25) is 23.5 Å². The lowest BCUT2D eigenvalue weighted by molar-refractivity contribution is -0.437. The summed E-state index contributed by atoms with van der Waals surface area (Å²) in [6.45, 7) is 17.7. The van der Waals surface area contributed by atoms with Gasteiger partial charge in [0.05, 0.1) is 28.2 Å². The number of nitrogens with one attached hydrogen (secondary N) is 3. The summed E-state index contributed by atoms with van der Waals surface area (Å²) in [5, 5.41) is 27.7. The lowest BCUT2D eigenvalue weighted by Crippen LogP contribution is -2.45. The van der Waals surface area contributed by atoms with Crippen LogP contribution in [-0.4, -0.2) is 144 Å². The number of hydrogen-bond donors (Lipinski definition) is 10. The van der Waals surface area contributed by atoms with Crippen molar-refractivity contribution < 1.29 is 73.9 Å². The number of H-pyrrole nitrogens is 1. The molecule has 4 aliphatic heterocycles. The molecule has 1 fully saturated rings. The van der Waals surface area contributed by atoms with Gasteiger partial charge in [0, 0.05) is 78.5 Å². The number of fused-ring (bicyclic) bond motifs is 4. The number of aromatic nitrogens is 4. The molecule has 0 aliphatic carbocycles. The van der Waals surface area contributed by atoms with E-state index in [0.717, 1.165) is 40.4 Å². The molecule has 2 aromatic carbocycles. The number of rotatable bonds is 25. The van der Waals surface area contributed by atoms with Crippen LogP contribution in [0.3, 0.4) is 0 Å². The molecule has 4 aliphatic rings. The van der Waals surface area contributed by atoms with Crippen molar-refractivity contribution >= 4 is 85.3 Å². The summed E-state index contributed by atoms with van der Waals surface area (Å²) in [5.74, 6) is 0.604. The molecule has 8 rings (SSSR count). The van der Waals surface area contributed by atoms with E-state index < -0.39 is 75.9 Å². The van der Waals surface area contributed by atoms with Crippen LogP contribution in [-0.2, 0) is 44.3 Å². The number of benzene rings is 2. The van der Waals surface area contributed by atoms with Crippen molar-refractivity contribution in [3.05, 3.63) is 106 Å². The monoisotopic (exact) mass is 1250 g/mol. The van der Waals surface area contributed by atoms with E-state index in [4.69, 9.17) is 25.0 Å². The number of nitrogens with two attached hydrogens (primary N) is 1. The highest BCUT2D eigenvalue weighted by atomic mass is 32.2. The minimum Gasteiger partial charge on any atom is -0.460 e. The predicted octanol–water partition coefficient (Wildman–Crippen LogP) is 6.81. The minimum absolute atomic E-state index is 0.0258. The number of aliphatic hydroxyl groups excluding tert-OH is 2. The topological polar surface area (TPSA) is 371 Å². The maximum Gasteiger partial charge on any atom is 0.469 e. The summed E-state index contributed by atoms with van der Waals surface area (Å²) in [4.78, 5) is 57.4. The Morgan fingerprint density at radius 1 is 0.965 bits per heavy atom. The standard InChI is InChI=1S/C58H78N9O16PS2/c1-9-66-42-32-43-39(31-38(42)35(2)33-57(66,6)7)36(29-46(82-43)56(3,4)5)19-13-12-14-20-45-58(8,40-30-37(86(78,79)80)22-23-41(40)65(45)27-18-28-85(75,76)77)24-17-21-47(68)60-25-15-10-11-16-26-61-55-62-48-51(63-54(59)64-52(48)71)67(55)53-50(70)49(69)44(83-53)34-81-84(72,73)74/h12-14,19-20,22-23,29-33,44,49-50,53,69-70H,9-11,15-18,21,24-28,34H2,1-8H3,(H8-,59,60,61,62,63,64,68,71,72,73,74,75,76,77,78,79,80)/p+1/t44-,49-,50-,53-,58?/m1/s1. The highest BCUT2D eigenvalue weighted by molar-refractivity contribution is 7.86. The number of amides is 1. The summed E-state index contributed by atoms with van der Waals surface area (Å²) >= 11 is 0. The van der Waals surface area contributed by atoms with Gasteiger partial charge in [-0.05, 0) is 95.7 Å². The van der Waals surface area contributed by atoms with Crippen LogP contribution in [0.1, 0.15) is 130 Å². The fraction of sp³-hybridized carbons (Fsp3) is 0.500. The largest absolute Gasteiger partial charge is 0.469 e. The predicted molar refractivity (Wildman–Crippen MR) is 326 cm³/mol. The maximum absolute atomic E-state index is 13.4. The fourth-order valence-corrected chi connectivity index (χ4v) is 13.0. The lowest BCUT2D eigenvalue weighted by Gasteiger charge is -2.43. The first-order valence-corrected chi connectivity index (χ1v) is 33.1. The Morgan fingerprint density at radius 3 is 2.36 bits per heavy atom. The van der Waals surface area contributed by atoms with Gasteiger partial charge < -0.3 is 50.7 Å². The van der Waals surface area contributed by atoms with E-state index in [1.54, 1.807) is 6.07 Å². The van der Waals surface area contributed by atoms with E-state index >= 15 is 0 Å². The minimum atomic E-state index is -4.95. The quantitative estimate of drug-likeness (QED) is 0.0107. The zero-order chi connectivity index (χ0) is 62.9. The van der Waals surface area contributed by atoms with Gasteiger partial charge in [-0.15, -0.1) is 0 Å².